The first-order chi connectivity index (χ1) is 13.0. The third-order valence-electron chi connectivity index (χ3n) is 4.35. The number of nitrogens with two attached hydrogens (primary N) is 1. The van der Waals surface area contributed by atoms with E-state index >= 15 is 0 Å². The molecule has 4 N–H and O–H groups in total. The predicted octanol–water partition coefficient (Wildman–Crippen LogP) is 3.18. The number of hydrogen-bond acceptors (Lipinski definition) is 3. The molecule has 0 aliphatic carbocycles. The van der Waals surface area contributed by atoms with E-state index in [4.69, 9.17) is 11.1 Å². The molecular formula is C22H23ClN4O. The molecule has 0 unspecified atom stereocenters. The highest BCUT2D eigenvalue weighted by molar-refractivity contribution is 5.96. The largest absolute Gasteiger partial charge is 0.384 e. The number of nitrogen functional groups attached to an aromatic ring is 1. The molecule has 0 atom stereocenters. The van der Waals surface area contributed by atoms with E-state index in [1.54, 1.807) is 6.07 Å². The standard InChI is InChI=1S/C22H22N4O.ClH/c1-16-14-17(9-10-20(16)22(27)26-12-2-3-13-26)6-5-11-25-19-8-4-7-18(15-19)21(23)24;/h2-4,7-10,14-15,25H,11-13H2,1H3,(H3,23,24);1H. The Hall–Kier alpha value is -3.23. The van der Waals surface area contributed by atoms with Crippen molar-refractivity contribution in [2.24, 2.45) is 5.73 Å². The fraction of sp³-hybridized carbons (Fsp3) is 0.182. The van der Waals surface area contributed by atoms with E-state index in [0.29, 0.717) is 25.2 Å². The summed E-state index contributed by atoms with van der Waals surface area (Å²) in [6, 6.07) is 13.1. The second-order valence-corrected chi connectivity index (χ2v) is 6.36. The molecule has 0 radical (unpaired) electrons. The maximum Gasteiger partial charge on any atom is 0.254 e. The minimum Gasteiger partial charge on any atom is -0.384 e. The van der Waals surface area contributed by atoms with E-state index in [1.807, 2.05) is 60.4 Å². The fourth-order valence-electron chi connectivity index (χ4n) is 2.88. The Morgan fingerprint density at radius 2 is 1.96 bits per heavy atom. The highest BCUT2D eigenvalue weighted by Gasteiger charge is 2.17. The summed E-state index contributed by atoms with van der Waals surface area (Å²) < 4.78 is 0. The van der Waals surface area contributed by atoms with Crippen LogP contribution in [-0.4, -0.2) is 36.3 Å². The quantitative estimate of drug-likeness (QED) is 0.322. The molecule has 0 aromatic heterocycles. The smallest absolute Gasteiger partial charge is 0.254 e. The van der Waals surface area contributed by atoms with Crippen LogP contribution in [0.3, 0.4) is 0 Å². The summed E-state index contributed by atoms with van der Waals surface area (Å²) in [5, 5.41) is 10.7. The molecule has 0 saturated heterocycles. The van der Waals surface area contributed by atoms with Crippen molar-refractivity contribution in [2.45, 2.75) is 6.92 Å². The van der Waals surface area contributed by atoms with Gasteiger partial charge < -0.3 is 16.0 Å². The van der Waals surface area contributed by atoms with Gasteiger partial charge >= 0.3 is 0 Å². The second kappa shape index (κ2) is 9.63. The van der Waals surface area contributed by atoms with Gasteiger partial charge in [-0.15, -0.1) is 12.4 Å². The number of amidine groups is 1. The SMILES string of the molecule is Cc1cc(C#CCNc2cccc(C(=N)N)c2)ccc1C(=O)N1CC=CC1.Cl. The second-order valence-electron chi connectivity index (χ2n) is 6.36. The van der Waals surface area contributed by atoms with Gasteiger partial charge in [-0.05, 0) is 42.8 Å². The molecule has 0 bridgehead atoms. The maximum absolute atomic E-state index is 12.5. The predicted molar refractivity (Wildman–Crippen MR) is 116 cm³/mol. The van der Waals surface area contributed by atoms with Crippen LogP contribution in [0.4, 0.5) is 5.69 Å². The minimum absolute atomic E-state index is 0. The van der Waals surface area contributed by atoms with Crippen LogP contribution >= 0.6 is 12.4 Å². The van der Waals surface area contributed by atoms with Gasteiger partial charge in [-0.1, -0.05) is 36.1 Å². The summed E-state index contributed by atoms with van der Waals surface area (Å²) in [6.07, 6.45) is 4.01. The van der Waals surface area contributed by atoms with Gasteiger partial charge in [-0.2, -0.15) is 0 Å². The summed E-state index contributed by atoms with van der Waals surface area (Å²) in [4.78, 5) is 14.3. The first-order valence-electron chi connectivity index (χ1n) is 8.77. The van der Waals surface area contributed by atoms with Crippen molar-refractivity contribution in [2.75, 3.05) is 25.0 Å². The van der Waals surface area contributed by atoms with Gasteiger partial charge in [0.2, 0.25) is 0 Å². The zero-order valence-electron chi connectivity index (χ0n) is 15.7. The Morgan fingerprint density at radius 3 is 2.64 bits per heavy atom. The maximum atomic E-state index is 12.5. The van der Waals surface area contributed by atoms with E-state index in [9.17, 15) is 4.79 Å². The van der Waals surface area contributed by atoms with Crippen LogP contribution in [0.1, 0.15) is 27.0 Å². The van der Waals surface area contributed by atoms with Crippen LogP contribution < -0.4 is 11.1 Å². The van der Waals surface area contributed by atoms with Gasteiger partial charge in [0.15, 0.2) is 0 Å². The van der Waals surface area contributed by atoms with Crippen molar-refractivity contribution in [3.63, 3.8) is 0 Å². The topological polar surface area (TPSA) is 82.2 Å². The Labute approximate surface area is 171 Å². The van der Waals surface area contributed by atoms with E-state index in [1.165, 1.54) is 0 Å². The van der Waals surface area contributed by atoms with Crippen molar-refractivity contribution in [3.8, 4) is 11.8 Å². The number of amides is 1. The van der Waals surface area contributed by atoms with Crippen LogP contribution in [0.5, 0.6) is 0 Å². The number of anilines is 1. The number of carbonyl (C=O) groups excluding carboxylic acids is 1. The van der Waals surface area contributed by atoms with Gasteiger partial charge in [0.1, 0.15) is 5.84 Å². The normalized spacial score (nSPS) is 12.0. The molecule has 1 aliphatic heterocycles. The zero-order valence-corrected chi connectivity index (χ0v) is 16.5. The van der Waals surface area contributed by atoms with Crippen molar-refractivity contribution in [1.29, 1.82) is 5.41 Å². The van der Waals surface area contributed by atoms with Crippen LogP contribution in [-0.2, 0) is 0 Å². The highest BCUT2D eigenvalue weighted by Crippen LogP contribution is 2.15. The lowest BCUT2D eigenvalue weighted by molar-refractivity contribution is 0.0799. The van der Waals surface area contributed by atoms with Crippen LogP contribution in [0.2, 0.25) is 0 Å². The van der Waals surface area contributed by atoms with E-state index in [-0.39, 0.29) is 24.1 Å². The third-order valence-corrected chi connectivity index (χ3v) is 4.35. The lowest BCUT2D eigenvalue weighted by Crippen LogP contribution is -2.28. The third kappa shape index (κ3) is 5.15. The number of carbonyl (C=O) groups is 1. The Kier molecular flexibility index (Phi) is 7.25. The number of nitrogens with zero attached hydrogens (tertiary/aromatic N) is 1. The number of aryl methyl sites for hydroxylation is 1. The number of hydrogen-bond donors (Lipinski definition) is 3. The molecule has 28 heavy (non-hydrogen) atoms. The molecule has 5 nitrogen and oxygen atoms in total. The lowest BCUT2D eigenvalue weighted by Gasteiger charge is -2.16. The zero-order chi connectivity index (χ0) is 19.2. The first-order valence-corrected chi connectivity index (χ1v) is 8.77. The molecule has 0 saturated carbocycles. The van der Waals surface area contributed by atoms with Crippen molar-refractivity contribution >= 4 is 29.8 Å². The van der Waals surface area contributed by atoms with E-state index in [2.05, 4.69) is 17.2 Å². The van der Waals surface area contributed by atoms with Gasteiger partial charge in [-0.3, -0.25) is 10.2 Å². The van der Waals surface area contributed by atoms with E-state index in [0.717, 1.165) is 22.4 Å². The molecule has 6 heteroatoms. The lowest BCUT2D eigenvalue weighted by atomic mass is 10.0. The van der Waals surface area contributed by atoms with Gasteiger partial charge in [-0.25, -0.2) is 0 Å². The van der Waals surface area contributed by atoms with Gasteiger partial charge in [0, 0.05) is 35.5 Å². The summed E-state index contributed by atoms with van der Waals surface area (Å²) in [7, 11) is 0. The Balaban J connectivity index is 0.00000280. The number of halogens is 1. The molecule has 1 aliphatic rings. The van der Waals surface area contributed by atoms with Crippen molar-refractivity contribution < 1.29 is 4.79 Å². The summed E-state index contributed by atoms with van der Waals surface area (Å²) in [6.45, 7) is 3.76. The Bertz CT molecular complexity index is 964. The Morgan fingerprint density at radius 1 is 1.21 bits per heavy atom. The summed E-state index contributed by atoms with van der Waals surface area (Å²) >= 11 is 0. The van der Waals surface area contributed by atoms with Crippen molar-refractivity contribution in [1.82, 2.24) is 4.90 Å². The number of nitrogens with one attached hydrogen (secondary N) is 2. The average Bonchev–Trinajstić information content (AvgIpc) is 3.20. The molecule has 2 aromatic rings. The molecule has 1 amide bonds. The highest BCUT2D eigenvalue weighted by atomic mass is 35.5. The van der Waals surface area contributed by atoms with Gasteiger partial charge in [0.25, 0.3) is 5.91 Å². The van der Waals surface area contributed by atoms with Crippen molar-refractivity contribution in [3.05, 3.63) is 76.9 Å². The first kappa shape index (κ1) is 21.1. The molecule has 144 valence electrons. The number of benzene rings is 2. The van der Waals surface area contributed by atoms with Crippen LogP contribution in [0.25, 0.3) is 0 Å². The average molecular weight is 395 g/mol. The summed E-state index contributed by atoms with van der Waals surface area (Å²) in [5.41, 5.74) is 9.58. The van der Waals surface area contributed by atoms with Crippen LogP contribution in [0.15, 0.2) is 54.6 Å². The van der Waals surface area contributed by atoms with Crippen LogP contribution in [0, 0.1) is 24.2 Å². The fourth-order valence-corrected chi connectivity index (χ4v) is 2.88. The minimum atomic E-state index is 0. The molecule has 2 aromatic carbocycles. The monoisotopic (exact) mass is 394 g/mol. The number of rotatable bonds is 4. The molecule has 1 heterocycles. The molecule has 3 rings (SSSR count). The molecular weight excluding hydrogens is 372 g/mol. The summed E-state index contributed by atoms with van der Waals surface area (Å²) in [5.74, 6) is 6.29. The molecule has 0 fully saturated rings. The van der Waals surface area contributed by atoms with E-state index < -0.39 is 0 Å². The molecule has 0 spiro atoms. The van der Waals surface area contributed by atoms with Gasteiger partial charge in [0.05, 0.1) is 6.54 Å².